The number of hydrogen-bond donors (Lipinski definition) is 2. The van der Waals surface area contributed by atoms with Gasteiger partial charge in [0, 0.05) is 11.8 Å². The van der Waals surface area contributed by atoms with Gasteiger partial charge in [-0.15, -0.1) is 0 Å². The molecule has 116 valence electrons. The molecule has 0 spiro atoms. The molecule has 3 heterocycles. The minimum atomic E-state index is -4.48. The van der Waals surface area contributed by atoms with Crippen LogP contribution in [0, 0.1) is 6.92 Å². The molecule has 5 atom stereocenters. The summed E-state index contributed by atoms with van der Waals surface area (Å²) in [4.78, 5) is 36.4. The average Bonchev–Trinajstić information content (AvgIpc) is 2.70. The van der Waals surface area contributed by atoms with E-state index in [9.17, 15) is 24.2 Å². The molecule has 0 bridgehead atoms. The first-order chi connectivity index (χ1) is 9.78. The maximum Gasteiger partial charge on any atom is 0.330 e. The zero-order valence-electron chi connectivity index (χ0n) is 10.8. The van der Waals surface area contributed by atoms with Crippen LogP contribution in [0.1, 0.15) is 11.8 Å². The van der Waals surface area contributed by atoms with Crippen molar-refractivity contribution in [3.8, 4) is 0 Å². The molecule has 2 aliphatic heterocycles. The molecule has 11 heteroatoms. The van der Waals surface area contributed by atoms with Crippen LogP contribution in [0.5, 0.6) is 0 Å². The van der Waals surface area contributed by atoms with Gasteiger partial charge in [0.1, 0.15) is 18.3 Å². The number of rotatable bonds is 1. The Morgan fingerprint density at radius 3 is 2.95 bits per heavy atom. The summed E-state index contributed by atoms with van der Waals surface area (Å²) in [5.74, 6) is 0. The number of ether oxygens (including phenoxy) is 1. The van der Waals surface area contributed by atoms with E-state index in [-0.39, 0.29) is 12.2 Å². The van der Waals surface area contributed by atoms with Gasteiger partial charge in [0.15, 0.2) is 6.23 Å². The van der Waals surface area contributed by atoms with Gasteiger partial charge in [-0.25, -0.2) is 4.79 Å². The van der Waals surface area contributed by atoms with Gasteiger partial charge in [0.05, 0.1) is 6.61 Å². The highest BCUT2D eigenvalue weighted by Gasteiger charge is 2.50. The summed E-state index contributed by atoms with van der Waals surface area (Å²) < 4.78 is 26.8. The maximum absolute atomic E-state index is 11.8. The number of aryl methyl sites for hydroxylation is 1. The molecule has 10 nitrogen and oxygen atoms in total. The minimum Gasteiger partial charge on any atom is -0.756 e. The van der Waals surface area contributed by atoms with Gasteiger partial charge in [0.25, 0.3) is 13.4 Å². The van der Waals surface area contributed by atoms with E-state index in [1.165, 1.54) is 13.1 Å². The van der Waals surface area contributed by atoms with E-state index in [4.69, 9.17) is 4.74 Å². The van der Waals surface area contributed by atoms with Crippen molar-refractivity contribution in [2.45, 2.75) is 31.5 Å². The number of phosphoric acid groups is 1. The fourth-order valence-electron chi connectivity index (χ4n) is 2.33. The molecular weight excluding hydrogens is 307 g/mol. The minimum absolute atomic E-state index is 0.243. The summed E-state index contributed by atoms with van der Waals surface area (Å²) >= 11 is 0. The molecule has 1 aromatic rings. The summed E-state index contributed by atoms with van der Waals surface area (Å²) in [6, 6.07) is 0. The molecule has 2 saturated heterocycles. The van der Waals surface area contributed by atoms with E-state index in [0.717, 1.165) is 4.57 Å². The second kappa shape index (κ2) is 4.87. The lowest BCUT2D eigenvalue weighted by atomic mass is 10.1. The first kappa shape index (κ1) is 14.6. The molecule has 0 amide bonds. The van der Waals surface area contributed by atoms with E-state index < -0.39 is 43.6 Å². The summed E-state index contributed by atoms with van der Waals surface area (Å²) in [5, 5.41) is 10.1. The fraction of sp³-hybridized carbons (Fsp3) is 0.600. The lowest BCUT2D eigenvalue weighted by molar-refractivity contribution is -0.245. The fourth-order valence-corrected chi connectivity index (χ4v) is 3.28. The second-order valence-electron chi connectivity index (χ2n) is 4.85. The van der Waals surface area contributed by atoms with Crippen molar-refractivity contribution in [1.29, 1.82) is 0 Å². The molecule has 1 aromatic heterocycles. The van der Waals surface area contributed by atoms with Gasteiger partial charge < -0.3 is 23.8 Å². The zero-order valence-corrected chi connectivity index (χ0v) is 11.7. The summed E-state index contributed by atoms with van der Waals surface area (Å²) in [6.45, 7) is 1.17. The number of nitrogens with zero attached hydrogens (tertiary/aromatic N) is 1. The number of aromatic amines is 1. The van der Waals surface area contributed by atoms with Crippen LogP contribution < -0.4 is 16.1 Å². The van der Waals surface area contributed by atoms with E-state index in [0.29, 0.717) is 0 Å². The van der Waals surface area contributed by atoms with Crippen LogP contribution in [0.25, 0.3) is 0 Å². The van der Waals surface area contributed by atoms with Gasteiger partial charge in [-0.3, -0.25) is 18.9 Å². The average molecular weight is 319 g/mol. The van der Waals surface area contributed by atoms with Crippen molar-refractivity contribution in [3.05, 3.63) is 32.6 Å². The number of H-pyrrole nitrogens is 1. The van der Waals surface area contributed by atoms with E-state index in [1.54, 1.807) is 0 Å². The van der Waals surface area contributed by atoms with Crippen LogP contribution in [0.15, 0.2) is 15.8 Å². The molecule has 0 radical (unpaired) electrons. The van der Waals surface area contributed by atoms with Crippen molar-refractivity contribution in [2.75, 3.05) is 6.61 Å². The first-order valence-corrected chi connectivity index (χ1v) is 7.54. The monoisotopic (exact) mass is 319 g/mol. The van der Waals surface area contributed by atoms with E-state index in [2.05, 4.69) is 14.0 Å². The van der Waals surface area contributed by atoms with Crippen LogP contribution in [-0.4, -0.2) is 39.6 Å². The highest BCUT2D eigenvalue weighted by atomic mass is 31.2. The quantitative estimate of drug-likeness (QED) is 0.565. The van der Waals surface area contributed by atoms with Crippen LogP contribution in [0.3, 0.4) is 0 Å². The van der Waals surface area contributed by atoms with E-state index >= 15 is 0 Å². The SMILES string of the molecule is Cc1cn([C@@H]2O[C@@H]3COP(=O)([O-])O[C@H]3[C@H]2O)c(=O)[nH]c1=O. The number of fused-ring (bicyclic) bond motifs is 1. The van der Waals surface area contributed by atoms with Gasteiger partial charge >= 0.3 is 5.69 Å². The highest BCUT2D eigenvalue weighted by Crippen LogP contribution is 2.49. The first-order valence-electron chi connectivity index (χ1n) is 6.08. The number of aliphatic hydroxyl groups excluding tert-OH is 1. The molecule has 2 aliphatic rings. The molecule has 1 unspecified atom stereocenters. The van der Waals surface area contributed by atoms with Crippen LogP contribution in [-0.2, 0) is 18.3 Å². The Hall–Kier alpha value is -1.29. The lowest BCUT2D eigenvalue weighted by Gasteiger charge is -2.34. The third kappa shape index (κ3) is 2.50. The Labute approximate surface area is 117 Å². The normalized spacial score (nSPS) is 39.2. The lowest BCUT2D eigenvalue weighted by Crippen LogP contribution is -2.42. The van der Waals surface area contributed by atoms with Crippen LogP contribution in [0.4, 0.5) is 0 Å². The molecule has 2 N–H and O–H groups in total. The Bertz CT molecular complexity index is 727. The van der Waals surface area contributed by atoms with Crippen LogP contribution >= 0.6 is 7.82 Å². The van der Waals surface area contributed by atoms with Gasteiger partial charge in [-0.1, -0.05) is 0 Å². The summed E-state index contributed by atoms with van der Waals surface area (Å²) in [6.07, 6.45) is -3.34. The molecular formula is C10H12N2O8P-. The second-order valence-corrected chi connectivity index (χ2v) is 6.21. The number of aliphatic hydroxyl groups is 1. The highest BCUT2D eigenvalue weighted by molar-refractivity contribution is 7.45. The molecule has 0 aliphatic carbocycles. The Morgan fingerprint density at radius 1 is 1.52 bits per heavy atom. The molecule has 0 saturated carbocycles. The molecule has 2 fully saturated rings. The number of nitrogens with one attached hydrogen (secondary N) is 1. The third-order valence-corrected chi connectivity index (χ3v) is 4.34. The zero-order chi connectivity index (χ0) is 15.4. The Morgan fingerprint density at radius 2 is 2.24 bits per heavy atom. The maximum atomic E-state index is 11.8. The number of phosphoric ester groups is 1. The standard InChI is InChI=1S/C10H13N2O8P/c1-4-2-12(10(15)11-8(4)14)9-6(13)7-5(19-9)3-18-21(16,17)20-7/h2,5-7,9,13H,3H2,1H3,(H,16,17)(H,11,14,15)/p-1/t5-,6-,7-,9-/m1/s1. The van der Waals surface area contributed by atoms with Crippen molar-refractivity contribution < 1.29 is 28.3 Å². The van der Waals surface area contributed by atoms with Crippen molar-refractivity contribution in [3.63, 3.8) is 0 Å². The third-order valence-electron chi connectivity index (χ3n) is 3.38. The van der Waals surface area contributed by atoms with Gasteiger partial charge in [-0.2, -0.15) is 0 Å². The topological polar surface area (TPSA) is 143 Å². The number of aromatic nitrogens is 2. The molecule has 21 heavy (non-hydrogen) atoms. The van der Waals surface area contributed by atoms with Gasteiger partial charge in [0.2, 0.25) is 0 Å². The molecule has 3 rings (SSSR count). The van der Waals surface area contributed by atoms with Gasteiger partial charge in [-0.05, 0) is 6.92 Å². The Balaban J connectivity index is 1.95. The van der Waals surface area contributed by atoms with Crippen molar-refractivity contribution in [1.82, 2.24) is 9.55 Å². The van der Waals surface area contributed by atoms with Crippen molar-refractivity contribution in [2.24, 2.45) is 0 Å². The number of hydrogen-bond acceptors (Lipinski definition) is 8. The van der Waals surface area contributed by atoms with E-state index in [1.807, 2.05) is 0 Å². The summed E-state index contributed by atoms with van der Waals surface area (Å²) in [5.41, 5.74) is -1.09. The largest absolute Gasteiger partial charge is 0.756 e. The predicted octanol–water partition coefficient (Wildman–Crippen LogP) is -2.01. The Kier molecular flexibility index (Phi) is 3.40. The van der Waals surface area contributed by atoms with Crippen molar-refractivity contribution >= 4 is 7.82 Å². The summed E-state index contributed by atoms with van der Waals surface area (Å²) in [7, 11) is -4.48. The predicted molar refractivity (Wildman–Crippen MR) is 64.4 cm³/mol. The smallest absolute Gasteiger partial charge is 0.330 e. The molecule has 0 aromatic carbocycles. The van der Waals surface area contributed by atoms with Crippen LogP contribution in [0.2, 0.25) is 0 Å².